The summed E-state index contributed by atoms with van der Waals surface area (Å²) in [7, 11) is 0. The van der Waals surface area contributed by atoms with Crippen molar-refractivity contribution < 1.29 is 0 Å². The van der Waals surface area contributed by atoms with Crippen LogP contribution in [0.1, 0.15) is 0 Å². The van der Waals surface area contributed by atoms with Crippen molar-refractivity contribution in [2.45, 2.75) is 0 Å². The summed E-state index contributed by atoms with van der Waals surface area (Å²) in [5, 5.41) is 7.95. The number of rotatable bonds is 2. The average molecular weight is 238 g/mol. The Bertz CT molecular complexity index is 661. The monoisotopic (exact) mass is 238 g/mol. The van der Waals surface area contributed by atoms with Gasteiger partial charge in [0.05, 0.1) is 11.9 Å². The highest BCUT2D eigenvalue weighted by Crippen LogP contribution is 2.22. The van der Waals surface area contributed by atoms with Crippen LogP contribution in [-0.2, 0) is 0 Å². The van der Waals surface area contributed by atoms with Crippen LogP contribution in [-0.4, -0.2) is 25.0 Å². The molecule has 2 heterocycles. The third-order valence-electron chi connectivity index (χ3n) is 2.52. The zero-order chi connectivity index (χ0) is 12.4. The van der Waals surface area contributed by atoms with Gasteiger partial charge in [-0.3, -0.25) is 0 Å². The van der Waals surface area contributed by atoms with Gasteiger partial charge in [-0.1, -0.05) is 23.4 Å². The molecule has 0 radical (unpaired) electrons. The van der Waals surface area contributed by atoms with Crippen LogP contribution < -0.4 is 5.73 Å². The minimum Gasteiger partial charge on any atom is -0.382 e. The van der Waals surface area contributed by atoms with Crippen LogP contribution in [0.25, 0.3) is 17.1 Å². The van der Waals surface area contributed by atoms with Gasteiger partial charge in [0.2, 0.25) is 0 Å². The molecule has 0 bridgehead atoms. The van der Waals surface area contributed by atoms with Gasteiger partial charge in [0.25, 0.3) is 0 Å². The van der Waals surface area contributed by atoms with Crippen LogP contribution in [0.2, 0.25) is 0 Å². The summed E-state index contributed by atoms with van der Waals surface area (Å²) >= 11 is 0. The fraction of sp³-hybridized carbons (Fsp3) is 0. The van der Waals surface area contributed by atoms with E-state index in [4.69, 9.17) is 5.73 Å². The molecule has 2 N–H and O–H groups in total. The molecule has 0 atom stereocenters. The van der Waals surface area contributed by atoms with E-state index in [1.165, 1.54) is 0 Å². The Morgan fingerprint density at radius 1 is 1.00 bits per heavy atom. The van der Waals surface area contributed by atoms with E-state index in [0.29, 0.717) is 17.2 Å². The summed E-state index contributed by atoms with van der Waals surface area (Å²) in [6, 6.07) is 9.67. The molecule has 0 aliphatic rings. The molecule has 2 aromatic heterocycles. The van der Waals surface area contributed by atoms with Crippen LogP contribution in [0.5, 0.6) is 0 Å². The van der Waals surface area contributed by atoms with Crippen molar-refractivity contribution in [3.8, 4) is 17.1 Å². The van der Waals surface area contributed by atoms with Gasteiger partial charge in [-0.2, -0.15) is 0 Å². The van der Waals surface area contributed by atoms with Crippen LogP contribution in [0, 0.1) is 0 Å². The number of hydrogen-bond donors (Lipinski definition) is 1. The lowest BCUT2D eigenvalue weighted by Crippen LogP contribution is -2.03. The number of hydrogen-bond acceptors (Lipinski definition) is 5. The summed E-state index contributed by atoms with van der Waals surface area (Å²) in [6.45, 7) is 0. The predicted octanol–water partition coefficient (Wildman–Crippen LogP) is 1.31. The van der Waals surface area contributed by atoms with Gasteiger partial charge in [-0.05, 0) is 12.1 Å². The average Bonchev–Trinajstić information content (AvgIpc) is 2.89. The van der Waals surface area contributed by atoms with Gasteiger partial charge in [0.15, 0.2) is 5.82 Å². The number of aromatic nitrogens is 5. The first kappa shape index (κ1) is 10.4. The Morgan fingerprint density at radius 3 is 2.56 bits per heavy atom. The predicted molar refractivity (Wildman–Crippen MR) is 66.8 cm³/mol. The van der Waals surface area contributed by atoms with Crippen LogP contribution in [0.3, 0.4) is 0 Å². The molecular weight excluding hydrogens is 228 g/mol. The van der Waals surface area contributed by atoms with Crippen molar-refractivity contribution >= 4 is 5.82 Å². The molecule has 6 heteroatoms. The van der Waals surface area contributed by atoms with Crippen LogP contribution in [0.15, 0.2) is 48.9 Å². The van der Waals surface area contributed by atoms with Gasteiger partial charge in [-0.25, -0.2) is 14.6 Å². The third-order valence-corrected chi connectivity index (χ3v) is 2.52. The SMILES string of the molecule is Nc1nccnc1-c1cnnn1-c1ccccc1. The van der Waals surface area contributed by atoms with Crippen LogP contribution >= 0.6 is 0 Å². The standard InChI is InChI=1S/C12H10N6/c13-12-11(14-6-7-15-12)10-8-16-17-18(10)9-4-2-1-3-5-9/h1-8H,(H2,13,15). The number of benzene rings is 1. The van der Waals surface area contributed by atoms with Gasteiger partial charge < -0.3 is 5.73 Å². The molecule has 0 unspecified atom stereocenters. The van der Waals surface area contributed by atoms with E-state index < -0.39 is 0 Å². The van der Waals surface area contributed by atoms with E-state index in [0.717, 1.165) is 5.69 Å². The van der Waals surface area contributed by atoms with Gasteiger partial charge in [0.1, 0.15) is 11.4 Å². The summed E-state index contributed by atoms with van der Waals surface area (Å²) in [6.07, 6.45) is 4.76. The number of anilines is 1. The molecule has 0 spiro atoms. The molecule has 0 aliphatic carbocycles. The quantitative estimate of drug-likeness (QED) is 0.727. The smallest absolute Gasteiger partial charge is 0.151 e. The largest absolute Gasteiger partial charge is 0.382 e. The number of para-hydroxylation sites is 1. The molecule has 1 aromatic carbocycles. The van der Waals surface area contributed by atoms with Crippen molar-refractivity contribution in [2.24, 2.45) is 0 Å². The van der Waals surface area contributed by atoms with E-state index >= 15 is 0 Å². The fourth-order valence-electron chi connectivity index (χ4n) is 1.70. The normalized spacial score (nSPS) is 10.4. The van der Waals surface area contributed by atoms with Crippen molar-refractivity contribution in [1.82, 2.24) is 25.0 Å². The first-order chi connectivity index (χ1) is 8.86. The molecule has 18 heavy (non-hydrogen) atoms. The molecule has 0 fully saturated rings. The number of nitrogen functional groups attached to an aromatic ring is 1. The van der Waals surface area contributed by atoms with Gasteiger partial charge >= 0.3 is 0 Å². The van der Waals surface area contributed by atoms with Crippen molar-refractivity contribution in [3.05, 3.63) is 48.9 Å². The minimum absolute atomic E-state index is 0.358. The Balaban J connectivity index is 2.16. The lowest BCUT2D eigenvalue weighted by atomic mass is 10.3. The van der Waals surface area contributed by atoms with Crippen molar-refractivity contribution in [1.29, 1.82) is 0 Å². The topological polar surface area (TPSA) is 82.5 Å². The second kappa shape index (κ2) is 4.25. The highest BCUT2D eigenvalue weighted by molar-refractivity contribution is 5.67. The molecule has 0 aliphatic heterocycles. The fourth-order valence-corrected chi connectivity index (χ4v) is 1.70. The Hall–Kier alpha value is -2.76. The third kappa shape index (κ3) is 1.69. The summed E-state index contributed by atoms with van der Waals surface area (Å²) in [5.41, 5.74) is 8.00. The zero-order valence-electron chi connectivity index (χ0n) is 9.43. The highest BCUT2D eigenvalue weighted by atomic mass is 15.4. The number of nitrogens with two attached hydrogens (primary N) is 1. The second-order valence-corrected chi connectivity index (χ2v) is 3.66. The summed E-state index contributed by atoms with van der Waals surface area (Å²) in [4.78, 5) is 8.23. The second-order valence-electron chi connectivity index (χ2n) is 3.66. The molecule has 0 saturated heterocycles. The molecule has 0 amide bonds. The Kier molecular flexibility index (Phi) is 2.45. The Labute approximate surface area is 103 Å². The zero-order valence-corrected chi connectivity index (χ0v) is 9.43. The van der Waals surface area contributed by atoms with Crippen molar-refractivity contribution in [3.63, 3.8) is 0 Å². The van der Waals surface area contributed by atoms with E-state index in [2.05, 4.69) is 20.3 Å². The van der Waals surface area contributed by atoms with Gasteiger partial charge in [0, 0.05) is 12.4 Å². The highest BCUT2D eigenvalue weighted by Gasteiger charge is 2.12. The van der Waals surface area contributed by atoms with E-state index in [9.17, 15) is 0 Å². The summed E-state index contributed by atoms with van der Waals surface area (Å²) < 4.78 is 1.68. The number of nitrogens with zero attached hydrogens (tertiary/aromatic N) is 5. The van der Waals surface area contributed by atoms with Crippen molar-refractivity contribution in [2.75, 3.05) is 5.73 Å². The van der Waals surface area contributed by atoms with Crippen LogP contribution in [0.4, 0.5) is 5.82 Å². The lowest BCUT2D eigenvalue weighted by molar-refractivity contribution is 0.806. The lowest BCUT2D eigenvalue weighted by Gasteiger charge is -2.06. The van der Waals surface area contributed by atoms with E-state index in [1.54, 1.807) is 23.3 Å². The molecule has 6 nitrogen and oxygen atoms in total. The first-order valence-electron chi connectivity index (χ1n) is 5.39. The molecule has 3 aromatic rings. The molecule has 0 saturated carbocycles. The van der Waals surface area contributed by atoms with Gasteiger partial charge in [-0.15, -0.1) is 5.10 Å². The van der Waals surface area contributed by atoms with E-state index in [-0.39, 0.29) is 0 Å². The molecular formula is C12H10N6. The maximum Gasteiger partial charge on any atom is 0.151 e. The van der Waals surface area contributed by atoms with E-state index in [1.807, 2.05) is 30.3 Å². The Morgan fingerprint density at radius 2 is 1.78 bits per heavy atom. The first-order valence-corrected chi connectivity index (χ1v) is 5.39. The maximum absolute atomic E-state index is 5.82. The molecule has 88 valence electrons. The molecule has 3 rings (SSSR count). The minimum atomic E-state index is 0.358. The maximum atomic E-state index is 5.82. The summed E-state index contributed by atoms with van der Waals surface area (Å²) in [5.74, 6) is 0.358.